The first-order valence-corrected chi connectivity index (χ1v) is 9.77. The number of carbonyl (C=O) groups is 1. The Morgan fingerprint density at radius 2 is 1.90 bits per heavy atom. The molecule has 0 unspecified atom stereocenters. The molecule has 0 amide bonds. The summed E-state index contributed by atoms with van der Waals surface area (Å²) < 4.78 is 0. The summed E-state index contributed by atoms with van der Waals surface area (Å²) >= 11 is 0. The van der Waals surface area contributed by atoms with Crippen molar-refractivity contribution in [2.24, 2.45) is 0 Å². The summed E-state index contributed by atoms with van der Waals surface area (Å²) in [6.07, 6.45) is 4.01. The zero-order valence-corrected chi connectivity index (χ0v) is 17.1. The van der Waals surface area contributed by atoms with Crippen LogP contribution in [0.15, 0.2) is 60.9 Å². The predicted octanol–water partition coefficient (Wildman–Crippen LogP) is 4.68. The highest BCUT2D eigenvalue weighted by atomic mass is 16.4. The number of anilines is 1. The van der Waals surface area contributed by atoms with Crippen LogP contribution in [0.4, 0.5) is 5.69 Å². The number of aryl methyl sites for hydroxylation is 1. The number of carboxylic acids is 1. The Balaban J connectivity index is 0.000000188. The van der Waals surface area contributed by atoms with Gasteiger partial charge >= 0.3 is 5.97 Å². The van der Waals surface area contributed by atoms with Crippen LogP contribution in [0.3, 0.4) is 0 Å². The predicted molar refractivity (Wildman–Crippen MR) is 117 cm³/mol. The number of hydrogen-bond acceptors (Lipinski definition) is 4. The van der Waals surface area contributed by atoms with Gasteiger partial charge in [0.25, 0.3) is 0 Å². The van der Waals surface area contributed by atoms with Crippen LogP contribution in [0.1, 0.15) is 34.0 Å². The number of pyridine rings is 1. The van der Waals surface area contributed by atoms with E-state index < -0.39 is 5.97 Å². The second-order valence-corrected chi connectivity index (χ2v) is 7.14. The zero-order valence-electron chi connectivity index (χ0n) is 17.1. The van der Waals surface area contributed by atoms with Crippen molar-refractivity contribution in [3.05, 3.63) is 83.2 Å². The Morgan fingerprint density at radius 1 is 1.14 bits per heavy atom. The molecule has 1 aromatic heterocycles. The van der Waals surface area contributed by atoms with Crippen molar-refractivity contribution in [3.8, 4) is 11.1 Å². The van der Waals surface area contributed by atoms with Crippen LogP contribution in [0.25, 0.3) is 11.1 Å². The van der Waals surface area contributed by atoms with Crippen LogP contribution < -0.4 is 5.32 Å². The van der Waals surface area contributed by atoms with Crippen LogP contribution in [-0.2, 0) is 19.5 Å². The standard InChI is InChI=1S/C17H19N.C7H8N2O2/c1-3-13-6-4-5-7-17(13)14-8-9-15-11-18(2)12-16(15)10-14;1-8-6-4-9-3-2-5(6)7(10)11/h4-10H,3,11-12H2,1-2H3;2-4,8H,1H3,(H,10,11). The Morgan fingerprint density at radius 3 is 2.59 bits per heavy atom. The molecule has 2 N–H and O–H groups in total. The minimum atomic E-state index is -0.947. The third-order valence-electron chi connectivity index (χ3n) is 5.12. The Bertz CT molecular complexity index is 1000. The van der Waals surface area contributed by atoms with E-state index >= 15 is 0 Å². The molecule has 0 fully saturated rings. The summed E-state index contributed by atoms with van der Waals surface area (Å²) in [7, 11) is 3.84. The van der Waals surface area contributed by atoms with Gasteiger partial charge in [-0.05, 0) is 53.4 Å². The fourth-order valence-electron chi connectivity index (χ4n) is 3.62. The van der Waals surface area contributed by atoms with E-state index in [-0.39, 0.29) is 5.56 Å². The fraction of sp³-hybridized carbons (Fsp3) is 0.250. The van der Waals surface area contributed by atoms with E-state index in [1.54, 1.807) is 7.05 Å². The maximum absolute atomic E-state index is 10.5. The lowest BCUT2D eigenvalue weighted by Crippen LogP contribution is -2.07. The summed E-state index contributed by atoms with van der Waals surface area (Å²) in [5.74, 6) is -0.947. The van der Waals surface area contributed by atoms with E-state index in [9.17, 15) is 4.79 Å². The lowest BCUT2D eigenvalue weighted by molar-refractivity contribution is 0.0698. The maximum Gasteiger partial charge on any atom is 0.337 e. The molecule has 150 valence electrons. The number of benzene rings is 2. The third-order valence-corrected chi connectivity index (χ3v) is 5.12. The van der Waals surface area contributed by atoms with Gasteiger partial charge in [0, 0.05) is 26.3 Å². The first-order chi connectivity index (χ1) is 14.0. The fourth-order valence-corrected chi connectivity index (χ4v) is 3.62. The highest BCUT2D eigenvalue weighted by Gasteiger charge is 2.16. The van der Waals surface area contributed by atoms with Crippen LogP contribution in [0, 0.1) is 0 Å². The molecule has 0 radical (unpaired) electrons. The largest absolute Gasteiger partial charge is 0.478 e. The van der Waals surface area contributed by atoms with Crippen molar-refractivity contribution < 1.29 is 9.90 Å². The lowest BCUT2D eigenvalue weighted by atomic mass is 9.95. The summed E-state index contributed by atoms with van der Waals surface area (Å²) in [6, 6.07) is 17.1. The zero-order chi connectivity index (χ0) is 20.8. The van der Waals surface area contributed by atoms with Crippen molar-refractivity contribution in [2.75, 3.05) is 19.4 Å². The summed E-state index contributed by atoms with van der Waals surface area (Å²) in [5, 5.41) is 11.4. The highest BCUT2D eigenvalue weighted by molar-refractivity contribution is 5.93. The Kier molecular flexibility index (Phi) is 6.62. The normalized spacial score (nSPS) is 12.7. The van der Waals surface area contributed by atoms with E-state index in [0.717, 1.165) is 19.5 Å². The molecule has 0 saturated heterocycles. The van der Waals surface area contributed by atoms with Gasteiger partial charge in [-0.3, -0.25) is 9.88 Å². The van der Waals surface area contributed by atoms with Crippen LogP contribution in [-0.4, -0.2) is 35.1 Å². The molecule has 2 heterocycles. The molecule has 1 aliphatic heterocycles. The van der Waals surface area contributed by atoms with Crippen molar-refractivity contribution in [3.63, 3.8) is 0 Å². The number of aromatic nitrogens is 1. The average Bonchev–Trinajstić information content (AvgIpc) is 3.13. The molecule has 5 nitrogen and oxygen atoms in total. The van der Waals surface area contributed by atoms with Crippen LogP contribution >= 0.6 is 0 Å². The van der Waals surface area contributed by atoms with Gasteiger partial charge in [-0.15, -0.1) is 0 Å². The van der Waals surface area contributed by atoms with Gasteiger partial charge in [0.05, 0.1) is 17.4 Å². The maximum atomic E-state index is 10.5. The molecule has 0 atom stereocenters. The van der Waals surface area contributed by atoms with E-state index in [2.05, 4.69) is 71.6 Å². The quantitative estimate of drug-likeness (QED) is 0.678. The highest BCUT2D eigenvalue weighted by Crippen LogP contribution is 2.29. The molecule has 5 heteroatoms. The minimum absolute atomic E-state index is 0.238. The van der Waals surface area contributed by atoms with Gasteiger partial charge in [-0.25, -0.2) is 4.79 Å². The topological polar surface area (TPSA) is 65.5 Å². The summed E-state index contributed by atoms with van der Waals surface area (Å²) in [4.78, 5) is 16.6. The molecule has 2 aromatic carbocycles. The van der Waals surface area contributed by atoms with Crippen molar-refractivity contribution in [2.45, 2.75) is 26.4 Å². The van der Waals surface area contributed by atoms with E-state index in [0.29, 0.717) is 5.69 Å². The first-order valence-electron chi connectivity index (χ1n) is 9.77. The van der Waals surface area contributed by atoms with Crippen molar-refractivity contribution in [1.82, 2.24) is 9.88 Å². The molecule has 4 rings (SSSR count). The molecule has 0 saturated carbocycles. The van der Waals surface area contributed by atoms with Crippen LogP contribution in [0.2, 0.25) is 0 Å². The number of nitrogens with zero attached hydrogens (tertiary/aromatic N) is 2. The number of hydrogen-bond donors (Lipinski definition) is 2. The van der Waals surface area contributed by atoms with Gasteiger partial charge in [0.15, 0.2) is 0 Å². The molecular weight excluding hydrogens is 362 g/mol. The van der Waals surface area contributed by atoms with E-state index in [4.69, 9.17) is 5.11 Å². The Labute approximate surface area is 172 Å². The second kappa shape index (κ2) is 9.34. The van der Waals surface area contributed by atoms with Crippen molar-refractivity contribution in [1.29, 1.82) is 0 Å². The molecule has 0 bridgehead atoms. The molecule has 1 aliphatic rings. The smallest absolute Gasteiger partial charge is 0.337 e. The SMILES string of the molecule is CCc1ccccc1-c1ccc2c(c1)CN(C)C2.CNc1cnccc1C(=O)O. The summed E-state index contributed by atoms with van der Waals surface area (Å²) in [5.41, 5.74) is 7.92. The molecular formula is C24H27N3O2. The molecule has 3 aromatic rings. The monoisotopic (exact) mass is 389 g/mol. The minimum Gasteiger partial charge on any atom is -0.478 e. The average molecular weight is 389 g/mol. The van der Waals surface area contributed by atoms with Gasteiger partial charge in [-0.2, -0.15) is 0 Å². The van der Waals surface area contributed by atoms with Crippen molar-refractivity contribution >= 4 is 11.7 Å². The van der Waals surface area contributed by atoms with Gasteiger partial charge in [-0.1, -0.05) is 43.3 Å². The van der Waals surface area contributed by atoms with E-state index in [1.165, 1.54) is 46.3 Å². The number of carboxylic acid groups (broad SMARTS) is 1. The van der Waals surface area contributed by atoms with E-state index in [1.807, 2.05) is 0 Å². The van der Waals surface area contributed by atoms with Gasteiger partial charge in [0.2, 0.25) is 0 Å². The second-order valence-electron chi connectivity index (χ2n) is 7.14. The first kappa shape index (κ1) is 20.6. The van der Waals surface area contributed by atoms with Gasteiger partial charge in [0.1, 0.15) is 0 Å². The third kappa shape index (κ3) is 4.81. The number of fused-ring (bicyclic) bond motifs is 1. The number of aromatic carboxylic acids is 1. The molecule has 29 heavy (non-hydrogen) atoms. The van der Waals surface area contributed by atoms with Gasteiger partial charge < -0.3 is 10.4 Å². The molecule has 0 aliphatic carbocycles. The molecule has 0 spiro atoms. The number of rotatable bonds is 4. The lowest BCUT2D eigenvalue weighted by Gasteiger charge is -2.09. The summed E-state index contributed by atoms with van der Waals surface area (Å²) in [6.45, 7) is 4.39. The Hall–Kier alpha value is -3.18. The van der Waals surface area contributed by atoms with Crippen LogP contribution in [0.5, 0.6) is 0 Å². The number of nitrogens with one attached hydrogen (secondary N) is 1.